The number of hydrogen-bond donors (Lipinski definition) is 0. The average Bonchev–Trinajstić information content (AvgIpc) is 2.97. The van der Waals surface area contributed by atoms with Crippen molar-refractivity contribution in [3.05, 3.63) is 70.6 Å². The van der Waals surface area contributed by atoms with Crippen LogP contribution >= 0.6 is 11.6 Å². The summed E-state index contributed by atoms with van der Waals surface area (Å²) >= 11 is 5.76. The molecule has 1 aliphatic rings. The van der Waals surface area contributed by atoms with Gasteiger partial charge in [-0.05, 0) is 42.2 Å². The monoisotopic (exact) mass is 391 g/mol. The van der Waals surface area contributed by atoms with Gasteiger partial charge in [-0.15, -0.1) is 0 Å². The summed E-state index contributed by atoms with van der Waals surface area (Å²) in [5.41, 5.74) is 1.43. The lowest BCUT2D eigenvalue weighted by molar-refractivity contribution is 0.453. The Morgan fingerprint density at radius 2 is 2.15 bits per heavy atom. The van der Waals surface area contributed by atoms with Gasteiger partial charge in [0.1, 0.15) is 11.9 Å². The molecule has 2 heterocycles. The van der Waals surface area contributed by atoms with E-state index in [4.69, 9.17) is 16.9 Å². The maximum absolute atomic E-state index is 13.8. The fraction of sp³-hybridized carbons (Fsp3) is 0.222. The van der Waals surface area contributed by atoms with Crippen LogP contribution in [0.1, 0.15) is 11.1 Å². The maximum atomic E-state index is 13.8. The van der Waals surface area contributed by atoms with Crippen LogP contribution in [0.3, 0.4) is 0 Å². The lowest BCUT2D eigenvalue weighted by Gasteiger charge is -2.15. The van der Waals surface area contributed by atoms with Crippen LogP contribution in [0.5, 0.6) is 0 Å². The Morgan fingerprint density at radius 3 is 2.77 bits per heavy atom. The third-order valence-corrected chi connectivity index (χ3v) is 6.27. The van der Waals surface area contributed by atoms with Crippen molar-refractivity contribution in [2.24, 2.45) is 5.92 Å². The molecule has 1 saturated heterocycles. The number of rotatable bonds is 4. The maximum Gasteiger partial charge on any atom is 0.260 e. The van der Waals surface area contributed by atoms with E-state index in [1.165, 1.54) is 34.8 Å². The average molecular weight is 392 g/mol. The summed E-state index contributed by atoms with van der Waals surface area (Å²) in [6.45, 7) is 4.40. The van der Waals surface area contributed by atoms with Gasteiger partial charge < -0.3 is 0 Å². The highest BCUT2D eigenvalue weighted by atomic mass is 35.5. The van der Waals surface area contributed by atoms with Gasteiger partial charge in [0.25, 0.3) is 10.0 Å². The van der Waals surface area contributed by atoms with E-state index in [-0.39, 0.29) is 29.6 Å². The molecule has 0 N–H and O–H groups in total. The minimum atomic E-state index is -3.75. The molecule has 1 aliphatic heterocycles. The van der Waals surface area contributed by atoms with Gasteiger partial charge in [-0.25, -0.2) is 17.8 Å². The topological polar surface area (TPSA) is 74.1 Å². The van der Waals surface area contributed by atoms with E-state index in [0.717, 1.165) is 5.57 Å². The minimum absolute atomic E-state index is 0.0167. The van der Waals surface area contributed by atoms with Crippen LogP contribution in [-0.4, -0.2) is 30.8 Å². The normalized spacial score (nSPS) is 18.0. The summed E-state index contributed by atoms with van der Waals surface area (Å²) in [5, 5.41) is 9.08. The van der Waals surface area contributed by atoms with Gasteiger partial charge in [-0.3, -0.25) is 0 Å². The second-order valence-corrected chi connectivity index (χ2v) is 8.42. The van der Waals surface area contributed by atoms with E-state index in [0.29, 0.717) is 17.0 Å². The van der Waals surface area contributed by atoms with Crippen molar-refractivity contribution in [3.8, 4) is 6.07 Å². The molecule has 1 aromatic carbocycles. The van der Waals surface area contributed by atoms with Crippen LogP contribution in [0.15, 0.2) is 53.7 Å². The van der Waals surface area contributed by atoms with Gasteiger partial charge in [0.2, 0.25) is 0 Å². The molecular weight excluding hydrogens is 377 g/mol. The first-order chi connectivity index (χ1) is 12.3. The molecule has 0 aliphatic carbocycles. The number of aromatic nitrogens is 1. The predicted octanol–water partition coefficient (Wildman–Crippen LogP) is 3.17. The van der Waals surface area contributed by atoms with Crippen molar-refractivity contribution in [2.75, 3.05) is 13.1 Å². The van der Waals surface area contributed by atoms with E-state index in [1.807, 2.05) is 0 Å². The summed E-state index contributed by atoms with van der Waals surface area (Å²) < 4.78 is 40.5. The van der Waals surface area contributed by atoms with Gasteiger partial charge in [0, 0.05) is 19.3 Å². The van der Waals surface area contributed by atoms with Crippen LogP contribution in [-0.2, 0) is 16.4 Å². The smallest absolute Gasteiger partial charge is 0.242 e. The molecule has 8 heteroatoms. The number of halogens is 2. The number of sulfonamides is 1. The second kappa shape index (κ2) is 7.16. The Morgan fingerprint density at radius 1 is 1.38 bits per heavy atom. The van der Waals surface area contributed by atoms with Crippen LogP contribution in [0.2, 0.25) is 5.02 Å². The van der Waals surface area contributed by atoms with Gasteiger partial charge >= 0.3 is 0 Å². The van der Waals surface area contributed by atoms with Crippen molar-refractivity contribution >= 4 is 21.6 Å². The van der Waals surface area contributed by atoms with Gasteiger partial charge in [-0.2, -0.15) is 9.57 Å². The van der Waals surface area contributed by atoms with Crippen molar-refractivity contribution in [3.63, 3.8) is 0 Å². The summed E-state index contributed by atoms with van der Waals surface area (Å²) in [7, 11) is -3.75. The highest BCUT2D eigenvalue weighted by molar-refractivity contribution is 7.89. The number of pyridine rings is 1. The van der Waals surface area contributed by atoms with Gasteiger partial charge in [0.05, 0.1) is 10.6 Å². The van der Waals surface area contributed by atoms with E-state index < -0.39 is 15.8 Å². The summed E-state index contributed by atoms with van der Waals surface area (Å²) in [6.07, 6.45) is 1.73. The van der Waals surface area contributed by atoms with Crippen LogP contribution in [0.4, 0.5) is 4.39 Å². The molecule has 26 heavy (non-hydrogen) atoms. The molecule has 1 unspecified atom stereocenters. The standard InChI is InChI=1S/C18H15ClFN3O2S/c1-12-10-23(26(24,25)18-5-4-16(19)9-22-18)11-15(12)6-13-2-3-14(8-21)17(20)7-13/h2-5,7,9,15H,1,6,10-11H2. The third kappa shape index (κ3) is 3.63. The molecule has 1 atom stereocenters. The van der Waals surface area contributed by atoms with Crippen molar-refractivity contribution in [2.45, 2.75) is 11.4 Å². The van der Waals surface area contributed by atoms with Gasteiger partial charge in [0.15, 0.2) is 5.03 Å². The summed E-state index contributed by atoms with van der Waals surface area (Å²) in [6, 6.07) is 9.03. The molecule has 5 nitrogen and oxygen atoms in total. The fourth-order valence-corrected chi connectivity index (χ4v) is 4.41. The first kappa shape index (κ1) is 18.5. The number of hydrogen-bond acceptors (Lipinski definition) is 4. The molecule has 0 bridgehead atoms. The number of nitriles is 1. The molecular formula is C18H15ClFN3O2S. The molecule has 1 fully saturated rings. The SMILES string of the molecule is C=C1CN(S(=O)(=O)c2ccc(Cl)cn2)CC1Cc1ccc(C#N)c(F)c1. The third-order valence-electron chi connectivity index (χ3n) is 4.32. The Hall–Kier alpha value is -2.27. The second-order valence-electron chi connectivity index (χ2n) is 6.10. The zero-order valence-electron chi connectivity index (χ0n) is 13.7. The van der Waals surface area contributed by atoms with Crippen molar-refractivity contribution < 1.29 is 12.8 Å². The van der Waals surface area contributed by atoms with E-state index in [2.05, 4.69) is 11.6 Å². The largest absolute Gasteiger partial charge is 0.260 e. The molecule has 2 aromatic rings. The van der Waals surface area contributed by atoms with Crippen LogP contribution in [0.25, 0.3) is 0 Å². The number of benzene rings is 1. The van der Waals surface area contributed by atoms with Crippen LogP contribution < -0.4 is 0 Å². The molecule has 1 aromatic heterocycles. The lowest BCUT2D eigenvalue weighted by Crippen LogP contribution is -2.29. The molecule has 134 valence electrons. The Kier molecular flexibility index (Phi) is 5.10. The Labute approximate surface area is 156 Å². The first-order valence-electron chi connectivity index (χ1n) is 7.79. The zero-order chi connectivity index (χ0) is 18.9. The van der Waals surface area contributed by atoms with Gasteiger partial charge in [-0.1, -0.05) is 29.8 Å². The first-order valence-corrected chi connectivity index (χ1v) is 9.61. The van der Waals surface area contributed by atoms with E-state index >= 15 is 0 Å². The quantitative estimate of drug-likeness (QED) is 0.750. The highest BCUT2D eigenvalue weighted by Gasteiger charge is 2.35. The van der Waals surface area contributed by atoms with E-state index in [1.54, 1.807) is 12.1 Å². The van der Waals surface area contributed by atoms with Crippen molar-refractivity contribution in [1.29, 1.82) is 5.26 Å². The Bertz CT molecular complexity index is 1000. The fourth-order valence-electron chi connectivity index (χ4n) is 2.89. The van der Waals surface area contributed by atoms with Crippen LogP contribution in [0, 0.1) is 23.1 Å². The molecule has 0 saturated carbocycles. The molecule has 3 rings (SSSR count). The molecule has 0 radical (unpaired) electrons. The molecule has 0 amide bonds. The predicted molar refractivity (Wildman–Crippen MR) is 95.5 cm³/mol. The van der Waals surface area contributed by atoms with Crippen molar-refractivity contribution in [1.82, 2.24) is 9.29 Å². The zero-order valence-corrected chi connectivity index (χ0v) is 15.3. The Balaban J connectivity index is 1.77. The van der Waals surface area contributed by atoms with E-state index in [9.17, 15) is 12.8 Å². The highest BCUT2D eigenvalue weighted by Crippen LogP contribution is 2.29. The molecule has 0 spiro atoms. The number of nitrogens with zero attached hydrogens (tertiary/aromatic N) is 3. The summed E-state index contributed by atoms with van der Waals surface area (Å²) in [4.78, 5) is 3.89. The lowest BCUT2D eigenvalue weighted by atomic mass is 9.95. The summed E-state index contributed by atoms with van der Waals surface area (Å²) in [5.74, 6) is -0.715. The minimum Gasteiger partial charge on any atom is -0.242 e.